The Kier molecular flexibility index (Phi) is 5.60. The summed E-state index contributed by atoms with van der Waals surface area (Å²) in [4.78, 5) is 4.13. The van der Waals surface area contributed by atoms with Crippen LogP contribution in [0.5, 0.6) is 0 Å². The fraction of sp³-hybridized carbons (Fsp3) is 0.917. The molecule has 1 aliphatic carbocycles. The number of aliphatic imine (C=N–C) groups is 1. The fourth-order valence-electron chi connectivity index (χ4n) is 2.18. The van der Waals surface area contributed by atoms with E-state index < -0.39 is 0 Å². The Morgan fingerprint density at radius 1 is 1.44 bits per heavy atom. The number of guanidine groups is 1. The first kappa shape index (κ1) is 13.3. The third-order valence-electron chi connectivity index (χ3n) is 3.49. The highest BCUT2D eigenvalue weighted by Gasteiger charge is 2.36. The molecule has 0 aromatic carbocycles. The molecular weight excluding hydrogens is 202 g/mol. The summed E-state index contributed by atoms with van der Waals surface area (Å²) in [6, 6.07) is 0. The number of hydrogen-bond acceptors (Lipinski definition) is 2. The summed E-state index contributed by atoms with van der Waals surface area (Å²) in [5.74, 6) is 0.877. The van der Waals surface area contributed by atoms with E-state index in [1.165, 1.54) is 19.3 Å². The number of ether oxygens (including phenoxy) is 1. The quantitative estimate of drug-likeness (QED) is 0.409. The van der Waals surface area contributed by atoms with Crippen LogP contribution in [0.15, 0.2) is 4.99 Å². The molecule has 16 heavy (non-hydrogen) atoms. The van der Waals surface area contributed by atoms with Crippen LogP contribution in [0.1, 0.15) is 32.6 Å². The highest BCUT2D eigenvalue weighted by molar-refractivity contribution is 5.79. The molecule has 0 heterocycles. The second kappa shape index (κ2) is 6.74. The van der Waals surface area contributed by atoms with Crippen LogP contribution in [0.25, 0.3) is 0 Å². The van der Waals surface area contributed by atoms with Crippen molar-refractivity contribution < 1.29 is 4.74 Å². The maximum atomic E-state index is 5.45. The van der Waals surface area contributed by atoms with E-state index in [0.29, 0.717) is 5.41 Å². The molecule has 94 valence electrons. The largest absolute Gasteiger partial charge is 0.382 e. The Labute approximate surface area is 98.9 Å². The molecule has 2 N–H and O–H groups in total. The van der Waals surface area contributed by atoms with Crippen molar-refractivity contribution in [3.05, 3.63) is 0 Å². The van der Waals surface area contributed by atoms with E-state index in [0.717, 1.165) is 32.1 Å². The van der Waals surface area contributed by atoms with Gasteiger partial charge in [-0.25, -0.2) is 0 Å². The number of rotatable bonds is 6. The van der Waals surface area contributed by atoms with Gasteiger partial charge in [-0.05, 0) is 31.6 Å². The molecule has 4 heteroatoms. The second-order valence-electron chi connectivity index (χ2n) is 4.48. The molecule has 0 atom stereocenters. The first-order valence-corrected chi connectivity index (χ1v) is 6.22. The Morgan fingerprint density at radius 2 is 2.19 bits per heavy atom. The van der Waals surface area contributed by atoms with Crippen LogP contribution in [-0.2, 0) is 4.74 Å². The average Bonchev–Trinajstić information content (AvgIpc) is 2.26. The van der Waals surface area contributed by atoms with Gasteiger partial charge in [-0.2, -0.15) is 0 Å². The van der Waals surface area contributed by atoms with Crippen LogP contribution in [0.3, 0.4) is 0 Å². The number of hydrogen-bond donors (Lipinski definition) is 2. The first-order valence-electron chi connectivity index (χ1n) is 6.22. The molecule has 1 fully saturated rings. The Bertz CT molecular complexity index is 224. The molecule has 0 radical (unpaired) electrons. The first-order chi connectivity index (χ1) is 7.76. The lowest BCUT2D eigenvalue weighted by Gasteiger charge is -2.42. The maximum Gasteiger partial charge on any atom is 0.190 e. The summed E-state index contributed by atoms with van der Waals surface area (Å²) >= 11 is 0. The van der Waals surface area contributed by atoms with Gasteiger partial charge in [0.1, 0.15) is 0 Å². The molecule has 0 aromatic rings. The van der Waals surface area contributed by atoms with Crippen LogP contribution in [0.4, 0.5) is 0 Å². The van der Waals surface area contributed by atoms with Crippen molar-refractivity contribution in [1.82, 2.24) is 10.6 Å². The van der Waals surface area contributed by atoms with E-state index in [9.17, 15) is 0 Å². The van der Waals surface area contributed by atoms with Crippen molar-refractivity contribution in [2.24, 2.45) is 10.4 Å². The molecule has 0 spiro atoms. The summed E-state index contributed by atoms with van der Waals surface area (Å²) in [6.45, 7) is 4.76. The van der Waals surface area contributed by atoms with Gasteiger partial charge in [-0.15, -0.1) is 0 Å². The minimum atomic E-state index is 0.446. The van der Waals surface area contributed by atoms with E-state index in [1.54, 1.807) is 7.05 Å². The Hall–Kier alpha value is -0.770. The summed E-state index contributed by atoms with van der Waals surface area (Å²) in [6.07, 6.45) is 5.14. The SMILES string of the molecule is CCOCCC1(CNC(=NC)NC)CCC1. The van der Waals surface area contributed by atoms with Crippen LogP contribution in [0.2, 0.25) is 0 Å². The fourth-order valence-corrected chi connectivity index (χ4v) is 2.18. The second-order valence-corrected chi connectivity index (χ2v) is 4.48. The van der Waals surface area contributed by atoms with Gasteiger partial charge in [-0.1, -0.05) is 6.42 Å². The zero-order chi connectivity index (χ0) is 11.9. The summed E-state index contributed by atoms with van der Waals surface area (Å²) in [5, 5.41) is 6.42. The lowest BCUT2D eigenvalue weighted by Crippen LogP contribution is -2.46. The van der Waals surface area contributed by atoms with Crippen molar-refractivity contribution in [3.63, 3.8) is 0 Å². The minimum Gasteiger partial charge on any atom is -0.382 e. The summed E-state index contributed by atoms with van der Waals surface area (Å²) in [7, 11) is 3.69. The highest BCUT2D eigenvalue weighted by atomic mass is 16.5. The molecule has 0 bridgehead atoms. The standard InChI is InChI=1S/C12H25N3O/c1-4-16-9-8-12(6-5-7-12)10-15-11(13-2)14-3/h4-10H2,1-3H3,(H2,13,14,15). The Morgan fingerprint density at radius 3 is 2.62 bits per heavy atom. The molecule has 1 rings (SSSR count). The smallest absolute Gasteiger partial charge is 0.190 e. The van der Waals surface area contributed by atoms with Crippen molar-refractivity contribution >= 4 is 5.96 Å². The Balaban J connectivity index is 2.30. The van der Waals surface area contributed by atoms with Gasteiger partial charge in [0.15, 0.2) is 5.96 Å². The predicted molar refractivity (Wildman–Crippen MR) is 67.8 cm³/mol. The van der Waals surface area contributed by atoms with Gasteiger partial charge in [0.25, 0.3) is 0 Å². The van der Waals surface area contributed by atoms with Gasteiger partial charge in [-0.3, -0.25) is 4.99 Å². The minimum absolute atomic E-state index is 0.446. The molecular formula is C12H25N3O. The lowest BCUT2D eigenvalue weighted by atomic mass is 9.67. The molecule has 1 saturated carbocycles. The van der Waals surface area contributed by atoms with E-state index >= 15 is 0 Å². The van der Waals surface area contributed by atoms with Crippen molar-refractivity contribution in [3.8, 4) is 0 Å². The van der Waals surface area contributed by atoms with Gasteiger partial charge in [0, 0.05) is 33.9 Å². The topological polar surface area (TPSA) is 45.6 Å². The van der Waals surface area contributed by atoms with Crippen LogP contribution < -0.4 is 10.6 Å². The van der Waals surface area contributed by atoms with Crippen molar-refractivity contribution in [2.45, 2.75) is 32.6 Å². The van der Waals surface area contributed by atoms with Crippen LogP contribution in [0, 0.1) is 5.41 Å². The summed E-state index contributed by atoms with van der Waals surface area (Å²) < 4.78 is 5.45. The lowest BCUT2D eigenvalue weighted by molar-refractivity contribution is 0.0573. The van der Waals surface area contributed by atoms with Gasteiger partial charge < -0.3 is 15.4 Å². The third kappa shape index (κ3) is 3.67. The van der Waals surface area contributed by atoms with E-state index in [2.05, 4.69) is 22.5 Å². The molecule has 0 aliphatic heterocycles. The number of nitrogens with zero attached hydrogens (tertiary/aromatic N) is 1. The van der Waals surface area contributed by atoms with E-state index in [1.807, 2.05) is 7.05 Å². The normalized spacial score (nSPS) is 19.1. The van der Waals surface area contributed by atoms with Crippen molar-refractivity contribution in [1.29, 1.82) is 0 Å². The molecule has 1 aliphatic rings. The number of nitrogens with one attached hydrogen (secondary N) is 2. The molecule has 0 saturated heterocycles. The van der Waals surface area contributed by atoms with Gasteiger partial charge in [0.05, 0.1) is 0 Å². The van der Waals surface area contributed by atoms with Gasteiger partial charge >= 0.3 is 0 Å². The van der Waals surface area contributed by atoms with Crippen molar-refractivity contribution in [2.75, 3.05) is 33.9 Å². The summed E-state index contributed by atoms with van der Waals surface area (Å²) in [5.41, 5.74) is 0.446. The molecule has 0 unspecified atom stereocenters. The molecule has 0 amide bonds. The van der Waals surface area contributed by atoms with E-state index in [-0.39, 0.29) is 0 Å². The highest BCUT2D eigenvalue weighted by Crippen LogP contribution is 2.43. The predicted octanol–water partition coefficient (Wildman–Crippen LogP) is 1.38. The zero-order valence-electron chi connectivity index (χ0n) is 10.8. The molecule has 0 aromatic heterocycles. The van der Waals surface area contributed by atoms with Gasteiger partial charge in [0.2, 0.25) is 0 Å². The zero-order valence-corrected chi connectivity index (χ0v) is 10.8. The van der Waals surface area contributed by atoms with E-state index in [4.69, 9.17) is 4.74 Å². The average molecular weight is 227 g/mol. The maximum absolute atomic E-state index is 5.45. The monoisotopic (exact) mass is 227 g/mol. The third-order valence-corrected chi connectivity index (χ3v) is 3.49. The van der Waals surface area contributed by atoms with Crippen LogP contribution >= 0.6 is 0 Å². The van der Waals surface area contributed by atoms with Crippen LogP contribution in [-0.4, -0.2) is 39.8 Å². The molecule has 4 nitrogen and oxygen atoms in total.